The normalized spacial score (nSPS) is 11.7. The van der Waals surface area contributed by atoms with E-state index in [1.165, 1.54) is 30.7 Å². The highest BCUT2D eigenvalue weighted by atomic mass is 19.1. The molecule has 0 aliphatic rings. The summed E-state index contributed by atoms with van der Waals surface area (Å²) in [6, 6.07) is 15.8. The Hall–Kier alpha value is -4.07. The van der Waals surface area contributed by atoms with Crippen molar-refractivity contribution in [2.75, 3.05) is 11.9 Å². The summed E-state index contributed by atoms with van der Waals surface area (Å²) in [5, 5.41) is 3.10. The van der Waals surface area contributed by atoms with Gasteiger partial charge in [0, 0.05) is 12.8 Å². The predicted molar refractivity (Wildman–Crippen MR) is 123 cm³/mol. The average Bonchev–Trinajstić information content (AvgIpc) is 3.34. The summed E-state index contributed by atoms with van der Waals surface area (Å²) in [5.74, 6) is -1.04. The fraction of sp³-hybridized carbons (Fsp3) is 0.192. The van der Waals surface area contributed by atoms with Gasteiger partial charge in [0.1, 0.15) is 29.3 Å². The highest BCUT2D eigenvalue weighted by Crippen LogP contribution is 2.27. The largest absolute Gasteiger partial charge is 0.469 e. The molecule has 2 aromatic heterocycles. The first kappa shape index (κ1) is 23.1. The average molecular weight is 463 g/mol. The van der Waals surface area contributed by atoms with Crippen LogP contribution < -0.4 is 5.32 Å². The van der Waals surface area contributed by atoms with Crippen LogP contribution in [0.15, 0.2) is 77.5 Å². The van der Waals surface area contributed by atoms with Gasteiger partial charge in [0.2, 0.25) is 0 Å². The molecule has 2 heterocycles. The Morgan fingerprint density at radius 2 is 1.82 bits per heavy atom. The Balaban J connectivity index is 1.73. The number of benzene rings is 2. The standard InChI is InChI=1S/C26H23F2N3O3/c1-2-33-26(32)22(15-18-10-7-13-34-18)31-25-21(14-17-8-4-3-5-9-17)30-23(16-29-25)24-19(27)11-6-12-20(24)28/h3-13,16,22H,2,14-15H2,1H3,(H,29,31). The number of furan rings is 1. The summed E-state index contributed by atoms with van der Waals surface area (Å²) >= 11 is 0. The summed E-state index contributed by atoms with van der Waals surface area (Å²) in [6.07, 6.45) is 3.36. The maximum absolute atomic E-state index is 14.4. The van der Waals surface area contributed by atoms with Crippen LogP contribution in [0, 0.1) is 11.6 Å². The number of nitrogens with one attached hydrogen (secondary N) is 1. The van der Waals surface area contributed by atoms with Crippen molar-refractivity contribution < 1.29 is 22.7 Å². The number of carbonyl (C=O) groups excluding carboxylic acids is 1. The van der Waals surface area contributed by atoms with E-state index < -0.39 is 23.6 Å². The molecule has 0 saturated carbocycles. The smallest absolute Gasteiger partial charge is 0.329 e. The van der Waals surface area contributed by atoms with E-state index in [2.05, 4.69) is 15.3 Å². The van der Waals surface area contributed by atoms with E-state index in [-0.39, 0.29) is 24.3 Å². The van der Waals surface area contributed by atoms with Gasteiger partial charge in [0.15, 0.2) is 0 Å². The Morgan fingerprint density at radius 1 is 1.06 bits per heavy atom. The summed E-state index contributed by atoms with van der Waals surface area (Å²) < 4.78 is 39.4. The molecule has 0 amide bonds. The third-order valence-corrected chi connectivity index (χ3v) is 5.15. The zero-order valence-corrected chi connectivity index (χ0v) is 18.5. The van der Waals surface area contributed by atoms with Crippen molar-refractivity contribution >= 4 is 11.8 Å². The summed E-state index contributed by atoms with van der Waals surface area (Å²) in [5.41, 5.74) is 1.16. The van der Waals surface area contributed by atoms with Crippen LogP contribution in [-0.4, -0.2) is 28.6 Å². The van der Waals surface area contributed by atoms with E-state index in [1.807, 2.05) is 30.3 Å². The maximum atomic E-state index is 14.4. The Labute approximate surface area is 195 Å². The quantitative estimate of drug-likeness (QED) is 0.344. The molecule has 0 aliphatic heterocycles. The second-order valence-electron chi connectivity index (χ2n) is 7.54. The lowest BCUT2D eigenvalue weighted by Crippen LogP contribution is -2.34. The molecular formula is C26H23F2N3O3. The number of rotatable bonds is 9. The van der Waals surface area contributed by atoms with Gasteiger partial charge in [0.05, 0.1) is 36.0 Å². The van der Waals surface area contributed by atoms with E-state index in [4.69, 9.17) is 9.15 Å². The third kappa shape index (κ3) is 5.46. The molecule has 174 valence electrons. The van der Waals surface area contributed by atoms with Gasteiger partial charge >= 0.3 is 5.97 Å². The van der Waals surface area contributed by atoms with Crippen molar-refractivity contribution in [3.05, 3.63) is 102 Å². The molecule has 0 saturated heterocycles. The number of hydrogen-bond donors (Lipinski definition) is 1. The van der Waals surface area contributed by atoms with E-state index >= 15 is 0 Å². The number of carbonyl (C=O) groups is 1. The minimum atomic E-state index is -0.800. The minimum Gasteiger partial charge on any atom is -0.469 e. The summed E-state index contributed by atoms with van der Waals surface area (Å²) in [6.45, 7) is 1.93. The van der Waals surface area contributed by atoms with Gasteiger partial charge in [-0.1, -0.05) is 36.4 Å². The minimum absolute atomic E-state index is 0.0609. The van der Waals surface area contributed by atoms with Crippen molar-refractivity contribution in [1.82, 2.24) is 9.97 Å². The van der Waals surface area contributed by atoms with E-state index in [1.54, 1.807) is 19.1 Å². The molecule has 8 heteroatoms. The van der Waals surface area contributed by atoms with Gasteiger partial charge in [-0.05, 0) is 36.8 Å². The Bertz CT molecular complexity index is 1230. The predicted octanol–water partition coefficient (Wildman–Crippen LogP) is 5.19. The summed E-state index contributed by atoms with van der Waals surface area (Å²) in [4.78, 5) is 21.6. The molecule has 1 unspecified atom stereocenters. The SMILES string of the molecule is CCOC(=O)C(Cc1ccco1)Nc1ncc(-c2c(F)cccc2F)nc1Cc1ccccc1. The van der Waals surface area contributed by atoms with E-state index in [9.17, 15) is 13.6 Å². The van der Waals surface area contributed by atoms with Crippen molar-refractivity contribution in [3.63, 3.8) is 0 Å². The molecule has 0 radical (unpaired) electrons. The van der Waals surface area contributed by atoms with Crippen LogP contribution in [0.25, 0.3) is 11.3 Å². The first-order valence-corrected chi connectivity index (χ1v) is 10.8. The number of anilines is 1. The molecule has 0 spiro atoms. The van der Waals surface area contributed by atoms with Crippen molar-refractivity contribution in [3.8, 4) is 11.3 Å². The van der Waals surface area contributed by atoms with E-state index in [0.29, 0.717) is 23.7 Å². The van der Waals surface area contributed by atoms with Crippen LogP contribution in [-0.2, 0) is 22.4 Å². The van der Waals surface area contributed by atoms with Crippen LogP contribution in [0.3, 0.4) is 0 Å². The molecule has 0 aliphatic carbocycles. The number of hydrogen-bond acceptors (Lipinski definition) is 6. The van der Waals surface area contributed by atoms with E-state index in [0.717, 1.165) is 5.56 Å². The van der Waals surface area contributed by atoms with Crippen LogP contribution >= 0.6 is 0 Å². The Morgan fingerprint density at radius 3 is 2.50 bits per heavy atom. The fourth-order valence-electron chi connectivity index (χ4n) is 3.55. The molecule has 34 heavy (non-hydrogen) atoms. The number of aromatic nitrogens is 2. The third-order valence-electron chi connectivity index (χ3n) is 5.15. The van der Waals surface area contributed by atoms with Crippen LogP contribution in [0.5, 0.6) is 0 Å². The maximum Gasteiger partial charge on any atom is 0.329 e. The topological polar surface area (TPSA) is 77.2 Å². The van der Waals surface area contributed by atoms with Gasteiger partial charge in [-0.15, -0.1) is 0 Å². The first-order chi connectivity index (χ1) is 16.5. The van der Waals surface area contributed by atoms with Gasteiger partial charge in [-0.25, -0.2) is 23.5 Å². The highest BCUT2D eigenvalue weighted by Gasteiger charge is 2.24. The lowest BCUT2D eigenvalue weighted by molar-refractivity contribution is -0.144. The van der Waals surface area contributed by atoms with Crippen LogP contribution in [0.4, 0.5) is 14.6 Å². The first-order valence-electron chi connectivity index (χ1n) is 10.8. The molecule has 0 bridgehead atoms. The molecule has 1 N–H and O–H groups in total. The number of esters is 1. The fourth-order valence-corrected chi connectivity index (χ4v) is 3.55. The molecule has 4 aromatic rings. The zero-order valence-electron chi connectivity index (χ0n) is 18.5. The second-order valence-corrected chi connectivity index (χ2v) is 7.54. The number of nitrogens with zero attached hydrogens (tertiary/aromatic N) is 2. The van der Waals surface area contributed by atoms with Crippen molar-refractivity contribution in [2.45, 2.75) is 25.8 Å². The van der Waals surface area contributed by atoms with Crippen LogP contribution in [0.1, 0.15) is 23.9 Å². The molecule has 6 nitrogen and oxygen atoms in total. The molecular weight excluding hydrogens is 440 g/mol. The molecule has 1 atom stereocenters. The van der Waals surface area contributed by atoms with Gasteiger partial charge in [-0.2, -0.15) is 0 Å². The lowest BCUT2D eigenvalue weighted by atomic mass is 10.1. The lowest BCUT2D eigenvalue weighted by Gasteiger charge is -2.19. The van der Waals surface area contributed by atoms with Crippen molar-refractivity contribution in [2.24, 2.45) is 0 Å². The molecule has 4 rings (SSSR count). The van der Waals surface area contributed by atoms with Crippen LogP contribution in [0.2, 0.25) is 0 Å². The monoisotopic (exact) mass is 463 g/mol. The zero-order chi connectivity index (χ0) is 23.9. The number of halogens is 2. The number of ether oxygens (including phenoxy) is 1. The molecule has 2 aromatic carbocycles. The van der Waals surface area contributed by atoms with Gasteiger partial charge in [0.25, 0.3) is 0 Å². The Kier molecular flexibility index (Phi) is 7.27. The van der Waals surface area contributed by atoms with Gasteiger partial charge in [-0.3, -0.25) is 0 Å². The second kappa shape index (κ2) is 10.7. The summed E-state index contributed by atoms with van der Waals surface area (Å²) in [7, 11) is 0. The highest BCUT2D eigenvalue weighted by molar-refractivity contribution is 5.79. The molecule has 0 fully saturated rings. The van der Waals surface area contributed by atoms with Gasteiger partial charge < -0.3 is 14.5 Å². The van der Waals surface area contributed by atoms with Crippen molar-refractivity contribution in [1.29, 1.82) is 0 Å².